The molecule has 3 N–H and O–H groups in total. The number of carboxylic acids is 2. The lowest BCUT2D eigenvalue weighted by Gasteiger charge is -2.19. The Bertz CT molecular complexity index is 417. The summed E-state index contributed by atoms with van der Waals surface area (Å²) in [6, 6.07) is -0.386. The predicted molar refractivity (Wildman–Crippen MR) is 72.8 cm³/mol. The number of carboxylic acid groups (broad SMARTS) is 2. The van der Waals surface area contributed by atoms with Crippen LogP contribution < -0.4 is 5.32 Å². The average molecular weight is 302 g/mol. The van der Waals surface area contributed by atoms with E-state index in [1.807, 2.05) is 0 Å². The number of hydrogen-bond acceptors (Lipinski definition) is 4. The van der Waals surface area contributed by atoms with Crippen molar-refractivity contribution in [1.82, 2.24) is 10.2 Å². The smallest absolute Gasteiger partial charge is 0.323 e. The monoisotopic (exact) mass is 302 g/mol. The lowest BCUT2D eigenvalue weighted by molar-refractivity contribution is -0.138. The highest BCUT2D eigenvalue weighted by Gasteiger charge is 2.48. The molecule has 0 aromatic heterocycles. The Balaban J connectivity index is 1.83. The maximum absolute atomic E-state index is 11.8. The van der Waals surface area contributed by atoms with Gasteiger partial charge in [-0.05, 0) is 12.8 Å². The van der Waals surface area contributed by atoms with Crippen molar-refractivity contribution >= 4 is 29.7 Å². The molecule has 3 unspecified atom stereocenters. The molecule has 2 saturated heterocycles. The molecule has 0 saturated carbocycles. The van der Waals surface area contributed by atoms with E-state index in [1.165, 1.54) is 4.90 Å². The summed E-state index contributed by atoms with van der Waals surface area (Å²) in [7, 11) is 0. The molecule has 0 bridgehead atoms. The van der Waals surface area contributed by atoms with Gasteiger partial charge in [0.25, 0.3) is 0 Å². The number of thioether (sulfide) groups is 1. The summed E-state index contributed by atoms with van der Waals surface area (Å²) < 4.78 is 0. The summed E-state index contributed by atoms with van der Waals surface area (Å²) in [5.41, 5.74) is 0. The molecule has 2 amide bonds. The first kappa shape index (κ1) is 15.0. The number of hydrogen-bond donors (Lipinski definition) is 3. The SMILES string of the molecule is O=C(O)CCCCC1SCC2C1NC(=O)N2CC(=O)O. The highest BCUT2D eigenvalue weighted by atomic mass is 32.2. The largest absolute Gasteiger partial charge is 0.481 e. The van der Waals surface area contributed by atoms with Crippen LogP contribution in [-0.4, -0.2) is 62.7 Å². The Kier molecular flexibility index (Phi) is 4.74. The second kappa shape index (κ2) is 6.34. The molecule has 0 aromatic rings. The topological polar surface area (TPSA) is 107 Å². The van der Waals surface area contributed by atoms with Crippen LogP contribution in [0.4, 0.5) is 4.79 Å². The third kappa shape index (κ3) is 3.36. The van der Waals surface area contributed by atoms with Crippen molar-refractivity contribution < 1.29 is 24.6 Å². The summed E-state index contributed by atoms with van der Waals surface area (Å²) in [5.74, 6) is -1.06. The van der Waals surface area contributed by atoms with E-state index in [0.717, 1.165) is 18.6 Å². The van der Waals surface area contributed by atoms with Crippen molar-refractivity contribution in [3.05, 3.63) is 0 Å². The van der Waals surface area contributed by atoms with E-state index < -0.39 is 11.9 Å². The third-order valence-corrected chi connectivity index (χ3v) is 5.17. The highest BCUT2D eigenvalue weighted by Crippen LogP contribution is 2.36. The number of amides is 2. The normalized spacial score (nSPS) is 28.3. The van der Waals surface area contributed by atoms with Gasteiger partial charge in [-0.3, -0.25) is 9.59 Å². The molecular formula is C12H18N2O5S. The number of carbonyl (C=O) groups excluding carboxylic acids is 1. The Labute approximate surface area is 120 Å². The number of urea groups is 1. The van der Waals surface area contributed by atoms with Crippen LogP contribution in [0.2, 0.25) is 0 Å². The second-order valence-corrected chi connectivity index (χ2v) is 6.35. The van der Waals surface area contributed by atoms with Gasteiger partial charge in [-0.15, -0.1) is 0 Å². The number of aliphatic carboxylic acids is 2. The van der Waals surface area contributed by atoms with Crippen LogP contribution in [0.15, 0.2) is 0 Å². The summed E-state index contributed by atoms with van der Waals surface area (Å²) in [5, 5.41) is 20.5. The number of unbranched alkanes of at least 4 members (excludes halogenated alkanes) is 1. The van der Waals surface area contributed by atoms with Gasteiger partial charge >= 0.3 is 18.0 Å². The maximum atomic E-state index is 11.8. The summed E-state index contributed by atoms with van der Waals surface area (Å²) in [6.07, 6.45) is 2.46. The molecule has 8 heteroatoms. The van der Waals surface area contributed by atoms with Crippen LogP contribution in [0.25, 0.3) is 0 Å². The third-order valence-electron chi connectivity index (χ3n) is 3.68. The molecule has 2 aliphatic heterocycles. The number of rotatable bonds is 7. The quantitative estimate of drug-likeness (QED) is 0.469. The van der Waals surface area contributed by atoms with Crippen LogP contribution in [0.3, 0.4) is 0 Å². The van der Waals surface area contributed by atoms with Gasteiger partial charge in [-0.25, -0.2) is 4.79 Å². The van der Waals surface area contributed by atoms with Crippen molar-refractivity contribution in [3.8, 4) is 0 Å². The Hall–Kier alpha value is -1.44. The van der Waals surface area contributed by atoms with Crippen molar-refractivity contribution in [2.75, 3.05) is 12.3 Å². The van der Waals surface area contributed by atoms with Gasteiger partial charge in [-0.1, -0.05) is 6.42 Å². The van der Waals surface area contributed by atoms with Crippen LogP contribution in [-0.2, 0) is 9.59 Å². The number of carbonyl (C=O) groups is 3. The van der Waals surface area contributed by atoms with Gasteiger partial charge in [0.1, 0.15) is 6.54 Å². The van der Waals surface area contributed by atoms with Crippen molar-refractivity contribution in [2.24, 2.45) is 0 Å². The second-order valence-electron chi connectivity index (χ2n) is 5.08. The van der Waals surface area contributed by atoms with Crippen LogP contribution in [0, 0.1) is 0 Å². The first-order valence-corrected chi connectivity index (χ1v) is 7.66. The molecule has 2 fully saturated rings. The van der Waals surface area contributed by atoms with Crippen LogP contribution in [0.5, 0.6) is 0 Å². The molecule has 3 atom stereocenters. The fourth-order valence-corrected chi connectivity index (χ4v) is 4.37. The van der Waals surface area contributed by atoms with E-state index in [0.29, 0.717) is 6.42 Å². The summed E-state index contributed by atoms with van der Waals surface area (Å²) >= 11 is 1.73. The number of fused-ring (bicyclic) bond motifs is 1. The molecule has 20 heavy (non-hydrogen) atoms. The van der Waals surface area contributed by atoms with Gasteiger partial charge in [0.15, 0.2) is 0 Å². The first-order chi connectivity index (χ1) is 9.49. The maximum Gasteiger partial charge on any atom is 0.323 e. The molecule has 0 radical (unpaired) electrons. The van der Waals surface area contributed by atoms with Crippen LogP contribution in [0.1, 0.15) is 25.7 Å². The molecular weight excluding hydrogens is 284 g/mol. The van der Waals surface area contributed by atoms with E-state index in [2.05, 4.69) is 5.32 Å². The molecule has 0 spiro atoms. The highest BCUT2D eigenvalue weighted by molar-refractivity contribution is 8.00. The van der Waals surface area contributed by atoms with Gasteiger partial charge in [0.05, 0.1) is 12.1 Å². The number of nitrogens with zero attached hydrogens (tertiary/aromatic N) is 1. The van der Waals surface area contributed by atoms with Gasteiger partial charge in [0, 0.05) is 17.4 Å². The molecule has 112 valence electrons. The molecule has 0 aliphatic carbocycles. The molecule has 2 rings (SSSR count). The molecule has 2 heterocycles. The Morgan fingerprint density at radius 2 is 2.05 bits per heavy atom. The molecule has 2 aliphatic rings. The lowest BCUT2D eigenvalue weighted by Crippen LogP contribution is -2.40. The Morgan fingerprint density at radius 3 is 2.70 bits per heavy atom. The minimum Gasteiger partial charge on any atom is -0.481 e. The average Bonchev–Trinajstić information content (AvgIpc) is 2.86. The lowest BCUT2D eigenvalue weighted by atomic mass is 10.0. The minimum atomic E-state index is -1.00. The van der Waals surface area contributed by atoms with E-state index in [9.17, 15) is 14.4 Å². The molecule has 7 nitrogen and oxygen atoms in total. The van der Waals surface area contributed by atoms with Gasteiger partial charge in [-0.2, -0.15) is 11.8 Å². The van der Waals surface area contributed by atoms with E-state index >= 15 is 0 Å². The zero-order valence-corrected chi connectivity index (χ0v) is 11.8. The number of nitrogens with one attached hydrogen (secondary N) is 1. The summed E-state index contributed by atoms with van der Waals surface area (Å²) in [6.45, 7) is -0.265. The Morgan fingerprint density at radius 1 is 1.30 bits per heavy atom. The van der Waals surface area contributed by atoms with Crippen LogP contribution >= 0.6 is 11.8 Å². The molecule has 0 aromatic carbocycles. The van der Waals surface area contributed by atoms with Crippen molar-refractivity contribution in [1.29, 1.82) is 0 Å². The zero-order valence-electron chi connectivity index (χ0n) is 10.9. The van der Waals surface area contributed by atoms with Gasteiger partial charge in [0.2, 0.25) is 0 Å². The predicted octanol–water partition coefficient (Wildman–Crippen LogP) is 0.594. The van der Waals surface area contributed by atoms with E-state index in [-0.39, 0.29) is 36.3 Å². The minimum absolute atomic E-state index is 0.0170. The van der Waals surface area contributed by atoms with Gasteiger partial charge < -0.3 is 20.4 Å². The summed E-state index contributed by atoms with van der Waals surface area (Å²) in [4.78, 5) is 34.3. The standard InChI is InChI=1S/C12H18N2O5S/c15-9(16)4-2-1-3-8-11-7(6-20-8)14(5-10(17)18)12(19)13-11/h7-8,11H,1-6H2,(H,13,19)(H,15,16)(H,17,18). The van der Waals surface area contributed by atoms with E-state index in [4.69, 9.17) is 10.2 Å². The zero-order chi connectivity index (χ0) is 14.7. The van der Waals surface area contributed by atoms with Crippen molar-refractivity contribution in [3.63, 3.8) is 0 Å². The first-order valence-electron chi connectivity index (χ1n) is 6.61. The van der Waals surface area contributed by atoms with Crippen molar-refractivity contribution in [2.45, 2.75) is 43.0 Å². The van der Waals surface area contributed by atoms with E-state index in [1.54, 1.807) is 11.8 Å². The fourth-order valence-electron chi connectivity index (χ4n) is 2.75. The fraction of sp³-hybridized carbons (Fsp3) is 0.750.